The van der Waals surface area contributed by atoms with Crippen molar-refractivity contribution in [3.8, 4) is 5.75 Å². The van der Waals surface area contributed by atoms with Crippen molar-refractivity contribution < 1.29 is 17.9 Å². The topological polar surface area (TPSA) is 72.5 Å². The predicted octanol–water partition coefficient (Wildman–Crippen LogP) is 3.62. The fourth-order valence-electron chi connectivity index (χ4n) is 2.20. The van der Waals surface area contributed by atoms with Gasteiger partial charge in [0, 0.05) is 17.8 Å². The van der Waals surface area contributed by atoms with Crippen molar-refractivity contribution in [1.82, 2.24) is 5.32 Å². The molecule has 5 nitrogen and oxygen atoms in total. The van der Waals surface area contributed by atoms with Gasteiger partial charge in [0.2, 0.25) is 0 Å². The second kappa shape index (κ2) is 8.75. The van der Waals surface area contributed by atoms with Crippen molar-refractivity contribution in [2.24, 2.45) is 0 Å². The lowest BCUT2D eigenvalue weighted by Crippen LogP contribution is -2.35. The summed E-state index contributed by atoms with van der Waals surface area (Å²) in [7, 11) is -3.07. The summed E-state index contributed by atoms with van der Waals surface area (Å²) in [6.45, 7) is 1.93. The molecule has 0 bridgehead atoms. The van der Waals surface area contributed by atoms with Gasteiger partial charge >= 0.3 is 0 Å². The lowest BCUT2D eigenvalue weighted by atomic mass is 10.1. The molecule has 26 heavy (non-hydrogen) atoms. The van der Waals surface area contributed by atoms with Gasteiger partial charge in [-0.05, 0) is 36.2 Å². The lowest BCUT2D eigenvalue weighted by molar-refractivity contribution is -0.127. The highest BCUT2D eigenvalue weighted by Gasteiger charge is 2.16. The van der Waals surface area contributed by atoms with Gasteiger partial charge in [-0.1, -0.05) is 47.5 Å². The van der Waals surface area contributed by atoms with E-state index in [1.165, 1.54) is 6.26 Å². The maximum absolute atomic E-state index is 12.2. The second-order valence-electron chi connectivity index (χ2n) is 5.94. The highest BCUT2D eigenvalue weighted by molar-refractivity contribution is 7.89. The van der Waals surface area contributed by atoms with Gasteiger partial charge in [-0.2, -0.15) is 0 Å². The van der Waals surface area contributed by atoms with E-state index in [0.717, 1.165) is 5.56 Å². The van der Waals surface area contributed by atoms with Crippen LogP contribution in [0.1, 0.15) is 18.1 Å². The monoisotopic (exact) mass is 415 g/mol. The highest BCUT2D eigenvalue weighted by Crippen LogP contribution is 2.28. The molecule has 0 saturated heterocycles. The van der Waals surface area contributed by atoms with Crippen LogP contribution in [0, 0.1) is 0 Å². The number of carbonyl (C=O) groups excluding carboxylic acids is 1. The van der Waals surface area contributed by atoms with E-state index < -0.39 is 15.9 Å². The van der Waals surface area contributed by atoms with Crippen LogP contribution in [-0.2, 0) is 26.9 Å². The van der Waals surface area contributed by atoms with Gasteiger partial charge in [0.1, 0.15) is 5.75 Å². The van der Waals surface area contributed by atoms with Gasteiger partial charge in [0.25, 0.3) is 5.91 Å². The van der Waals surface area contributed by atoms with Crippen LogP contribution >= 0.6 is 23.2 Å². The number of carbonyl (C=O) groups is 1. The smallest absolute Gasteiger partial charge is 0.261 e. The number of hydrogen-bond donors (Lipinski definition) is 1. The largest absolute Gasteiger partial charge is 0.479 e. The zero-order valence-corrected chi connectivity index (χ0v) is 16.7. The normalized spacial score (nSPS) is 12.5. The third kappa shape index (κ3) is 6.52. The molecular weight excluding hydrogens is 397 g/mol. The summed E-state index contributed by atoms with van der Waals surface area (Å²) in [5.74, 6) is 0.0758. The molecule has 140 valence electrons. The Hall–Kier alpha value is -1.76. The molecule has 2 aromatic rings. The molecular formula is C18H19Cl2NO4S. The number of rotatable bonds is 7. The minimum Gasteiger partial charge on any atom is -0.479 e. The van der Waals surface area contributed by atoms with Crippen LogP contribution in [0.3, 0.4) is 0 Å². The molecule has 0 aliphatic rings. The van der Waals surface area contributed by atoms with E-state index in [-0.39, 0.29) is 11.7 Å². The quantitative estimate of drug-likeness (QED) is 0.749. The van der Waals surface area contributed by atoms with Crippen molar-refractivity contribution in [3.63, 3.8) is 0 Å². The maximum atomic E-state index is 12.2. The number of hydrogen-bond acceptors (Lipinski definition) is 4. The third-order valence-electron chi connectivity index (χ3n) is 3.49. The number of amides is 1. The molecule has 0 saturated carbocycles. The predicted molar refractivity (Wildman–Crippen MR) is 103 cm³/mol. The fraction of sp³-hybridized carbons (Fsp3) is 0.278. The van der Waals surface area contributed by atoms with Crippen LogP contribution in [0.2, 0.25) is 10.0 Å². The third-order valence-corrected chi connectivity index (χ3v) is 4.87. The zero-order chi connectivity index (χ0) is 19.3. The Bertz CT molecular complexity index is 883. The molecule has 0 spiro atoms. The molecule has 1 amide bonds. The zero-order valence-electron chi connectivity index (χ0n) is 14.3. The van der Waals surface area contributed by atoms with Gasteiger partial charge < -0.3 is 10.1 Å². The summed E-state index contributed by atoms with van der Waals surface area (Å²) >= 11 is 11.9. The van der Waals surface area contributed by atoms with E-state index in [4.69, 9.17) is 27.9 Å². The van der Waals surface area contributed by atoms with Crippen LogP contribution in [0.25, 0.3) is 0 Å². The Morgan fingerprint density at radius 3 is 2.31 bits per heavy atom. The van der Waals surface area contributed by atoms with E-state index in [0.29, 0.717) is 27.9 Å². The first-order valence-electron chi connectivity index (χ1n) is 7.79. The molecule has 0 aromatic heterocycles. The molecule has 0 aliphatic carbocycles. The summed E-state index contributed by atoms with van der Waals surface area (Å²) < 4.78 is 28.1. The van der Waals surface area contributed by atoms with Crippen LogP contribution in [-0.4, -0.2) is 26.7 Å². The Morgan fingerprint density at radius 2 is 1.73 bits per heavy atom. The summed E-state index contributed by atoms with van der Waals surface area (Å²) in [5, 5.41) is 3.58. The first kappa shape index (κ1) is 20.6. The number of sulfone groups is 1. The minimum absolute atomic E-state index is 0.00757. The number of halogens is 2. The molecule has 8 heteroatoms. The van der Waals surface area contributed by atoms with E-state index in [1.807, 2.05) is 0 Å². The van der Waals surface area contributed by atoms with Crippen molar-refractivity contribution in [2.75, 3.05) is 6.26 Å². The van der Waals surface area contributed by atoms with Gasteiger partial charge in [0.05, 0.1) is 10.8 Å². The Balaban J connectivity index is 1.89. The molecule has 1 atom stereocenters. The first-order chi connectivity index (χ1) is 12.1. The number of nitrogens with one attached hydrogen (secondary N) is 1. The summed E-state index contributed by atoms with van der Waals surface area (Å²) in [4.78, 5) is 12.2. The van der Waals surface area contributed by atoms with Crippen LogP contribution in [0.15, 0.2) is 42.5 Å². The summed E-state index contributed by atoms with van der Waals surface area (Å²) in [5.41, 5.74) is 1.56. The average molecular weight is 416 g/mol. The molecule has 0 fully saturated rings. The Kier molecular flexibility index (Phi) is 6.92. The minimum atomic E-state index is -3.07. The van der Waals surface area contributed by atoms with Gasteiger partial charge in [-0.25, -0.2) is 8.42 Å². The Morgan fingerprint density at radius 1 is 1.12 bits per heavy atom. The molecule has 1 N–H and O–H groups in total. The average Bonchev–Trinajstić information content (AvgIpc) is 2.55. The molecule has 0 heterocycles. The van der Waals surface area contributed by atoms with Gasteiger partial charge in [0.15, 0.2) is 15.9 Å². The molecule has 2 rings (SSSR count). The van der Waals surface area contributed by atoms with Crippen LogP contribution < -0.4 is 10.1 Å². The fourth-order valence-corrected chi connectivity index (χ4v) is 3.45. The van der Waals surface area contributed by atoms with E-state index in [9.17, 15) is 13.2 Å². The second-order valence-corrected chi connectivity index (χ2v) is 8.92. The standard InChI is InChI=1S/C18H19Cl2NO4S/c1-12(25-17-8-7-15(19)9-16(17)20)18(22)21-10-13-3-5-14(6-4-13)11-26(2,23)24/h3-9,12H,10-11H2,1-2H3,(H,21,22). The van der Waals surface area contributed by atoms with Crippen molar-refractivity contribution >= 4 is 38.9 Å². The van der Waals surface area contributed by atoms with Crippen molar-refractivity contribution in [2.45, 2.75) is 25.3 Å². The summed E-state index contributed by atoms with van der Waals surface area (Å²) in [6, 6.07) is 11.8. The van der Waals surface area contributed by atoms with Crippen LogP contribution in [0.4, 0.5) is 0 Å². The number of benzene rings is 2. The molecule has 0 radical (unpaired) electrons. The van der Waals surface area contributed by atoms with E-state index in [2.05, 4.69) is 5.32 Å². The van der Waals surface area contributed by atoms with E-state index in [1.54, 1.807) is 49.4 Å². The van der Waals surface area contributed by atoms with Crippen molar-refractivity contribution in [1.29, 1.82) is 0 Å². The Labute approximate surface area is 163 Å². The summed E-state index contributed by atoms with van der Waals surface area (Å²) in [6.07, 6.45) is 0.452. The SMILES string of the molecule is CC(Oc1ccc(Cl)cc1Cl)C(=O)NCc1ccc(CS(C)(=O)=O)cc1. The van der Waals surface area contributed by atoms with Crippen molar-refractivity contribution in [3.05, 3.63) is 63.6 Å². The molecule has 0 aliphatic heterocycles. The van der Waals surface area contributed by atoms with Gasteiger partial charge in [-0.15, -0.1) is 0 Å². The highest BCUT2D eigenvalue weighted by atomic mass is 35.5. The molecule has 2 aromatic carbocycles. The number of ether oxygens (including phenoxy) is 1. The first-order valence-corrected chi connectivity index (χ1v) is 10.6. The lowest BCUT2D eigenvalue weighted by Gasteiger charge is -2.16. The van der Waals surface area contributed by atoms with Gasteiger partial charge in [-0.3, -0.25) is 4.79 Å². The maximum Gasteiger partial charge on any atom is 0.261 e. The van der Waals surface area contributed by atoms with Crippen LogP contribution in [0.5, 0.6) is 5.75 Å². The molecule has 1 unspecified atom stereocenters. The van der Waals surface area contributed by atoms with E-state index >= 15 is 0 Å².